The molecule has 0 aromatic rings. The van der Waals surface area contributed by atoms with Crippen LogP contribution >= 0.6 is 0 Å². The fourth-order valence-electron chi connectivity index (χ4n) is 4.39. The van der Waals surface area contributed by atoms with E-state index >= 15 is 0 Å². The van der Waals surface area contributed by atoms with Crippen LogP contribution in [0.15, 0.2) is 0 Å². The van der Waals surface area contributed by atoms with Crippen molar-refractivity contribution in [2.45, 2.75) is 62.9 Å². The Balaban J connectivity index is 1.39. The molecule has 2 unspecified atom stereocenters. The Bertz CT molecular complexity index is 471. The van der Waals surface area contributed by atoms with E-state index in [1.54, 1.807) is 0 Å². The molecule has 0 aromatic heterocycles. The zero-order chi connectivity index (χ0) is 15.2. The number of carbonyl (C=O) groups is 2. The molecule has 0 aromatic carbocycles. The quantitative estimate of drug-likeness (QED) is 0.855. The van der Waals surface area contributed by atoms with E-state index in [1.807, 2.05) is 4.90 Å². The number of hydrogen-bond donors (Lipinski definition) is 1. The topological polar surface area (TPSA) is 58.6 Å². The van der Waals surface area contributed by atoms with Gasteiger partial charge in [-0.3, -0.25) is 9.59 Å². The molecule has 0 spiro atoms. The molecule has 2 aliphatic carbocycles. The van der Waals surface area contributed by atoms with Crippen LogP contribution in [0.4, 0.5) is 0 Å². The van der Waals surface area contributed by atoms with Gasteiger partial charge in [-0.1, -0.05) is 0 Å². The first-order chi connectivity index (χ1) is 10.7. The SMILES string of the molecule is O=C(CC1CCOCC1)N1CCC2CC21C(=O)NC1CCC1. The Kier molecular flexibility index (Phi) is 3.63. The number of likely N-dealkylation sites (tertiary alicyclic amines) is 1. The van der Waals surface area contributed by atoms with Gasteiger partial charge in [0.2, 0.25) is 11.8 Å². The van der Waals surface area contributed by atoms with Crippen molar-refractivity contribution in [3.05, 3.63) is 0 Å². The van der Waals surface area contributed by atoms with Crippen molar-refractivity contribution in [2.75, 3.05) is 19.8 Å². The third kappa shape index (κ3) is 2.34. The number of nitrogens with zero attached hydrogens (tertiary/aromatic N) is 1. The molecule has 2 saturated carbocycles. The zero-order valence-electron chi connectivity index (χ0n) is 13.2. The largest absolute Gasteiger partial charge is 0.381 e. The monoisotopic (exact) mass is 306 g/mol. The third-order valence-corrected chi connectivity index (χ3v) is 6.19. The van der Waals surface area contributed by atoms with Gasteiger partial charge >= 0.3 is 0 Å². The zero-order valence-corrected chi connectivity index (χ0v) is 13.2. The first-order valence-electron chi connectivity index (χ1n) is 8.89. The summed E-state index contributed by atoms with van der Waals surface area (Å²) in [5.74, 6) is 1.16. The summed E-state index contributed by atoms with van der Waals surface area (Å²) in [6, 6.07) is 0.358. The van der Waals surface area contributed by atoms with E-state index in [9.17, 15) is 9.59 Å². The van der Waals surface area contributed by atoms with Crippen LogP contribution in [-0.4, -0.2) is 48.1 Å². The minimum atomic E-state index is -0.474. The maximum absolute atomic E-state index is 12.7. The molecule has 2 saturated heterocycles. The number of piperidine rings is 1. The lowest BCUT2D eigenvalue weighted by Crippen LogP contribution is -2.54. The minimum absolute atomic E-state index is 0.125. The lowest BCUT2D eigenvalue weighted by Gasteiger charge is -2.33. The van der Waals surface area contributed by atoms with E-state index < -0.39 is 5.54 Å². The Labute approximate surface area is 131 Å². The molecule has 22 heavy (non-hydrogen) atoms. The second kappa shape index (κ2) is 5.52. The van der Waals surface area contributed by atoms with E-state index in [2.05, 4.69) is 5.32 Å². The van der Waals surface area contributed by atoms with Crippen LogP contribution < -0.4 is 5.32 Å². The highest BCUT2D eigenvalue weighted by atomic mass is 16.5. The molecule has 2 aliphatic heterocycles. The van der Waals surface area contributed by atoms with Crippen LogP contribution in [-0.2, 0) is 14.3 Å². The molecule has 2 amide bonds. The van der Waals surface area contributed by atoms with E-state index in [0.29, 0.717) is 24.3 Å². The van der Waals surface area contributed by atoms with Crippen LogP contribution in [0.5, 0.6) is 0 Å². The summed E-state index contributed by atoms with van der Waals surface area (Å²) in [4.78, 5) is 27.3. The highest BCUT2D eigenvalue weighted by molar-refractivity contribution is 5.95. The maximum Gasteiger partial charge on any atom is 0.246 e. The summed E-state index contributed by atoms with van der Waals surface area (Å²) >= 11 is 0. The second-order valence-electron chi connectivity index (χ2n) is 7.52. The number of hydrogen-bond acceptors (Lipinski definition) is 3. The third-order valence-electron chi connectivity index (χ3n) is 6.19. The molecule has 5 heteroatoms. The van der Waals surface area contributed by atoms with Gasteiger partial charge in [-0.2, -0.15) is 0 Å². The summed E-state index contributed by atoms with van der Waals surface area (Å²) < 4.78 is 5.37. The van der Waals surface area contributed by atoms with Crippen LogP contribution in [0.2, 0.25) is 0 Å². The molecule has 4 aliphatic rings. The van der Waals surface area contributed by atoms with Crippen molar-refractivity contribution in [1.82, 2.24) is 10.2 Å². The number of fused-ring (bicyclic) bond motifs is 1. The number of amides is 2. The summed E-state index contributed by atoms with van der Waals surface area (Å²) in [5, 5.41) is 3.18. The van der Waals surface area contributed by atoms with Gasteiger partial charge < -0.3 is 15.0 Å². The molecule has 0 radical (unpaired) electrons. The first kappa shape index (κ1) is 14.5. The summed E-state index contributed by atoms with van der Waals surface area (Å²) in [5.41, 5.74) is -0.474. The van der Waals surface area contributed by atoms with Gasteiger partial charge in [0.1, 0.15) is 5.54 Å². The van der Waals surface area contributed by atoms with Crippen molar-refractivity contribution >= 4 is 11.8 Å². The summed E-state index contributed by atoms with van der Waals surface area (Å²) in [7, 11) is 0. The summed E-state index contributed by atoms with van der Waals surface area (Å²) in [6.07, 6.45) is 7.84. The van der Waals surface area contributed by atoms with Gasteiger partial charge in [-0.05, 0) is 56.8 Å². The van der Waals surface area contributed by atoms with Crippen LogP contribution in [0, 0.1) is 11.8 Å². The summed E-state index contributed by atoms with van der Waals surface area (Å²) in [6.45, 7) is 2.31. The van der Waals surface area contributed by atoms with E-state index in [1.165, 1.54) is 6.42 Å². The Morgan fingerprint density at radius 2 is 1.91 bits per heavy atom. The Morgan fingerprint density at radius 3 is 2.55 bits per heavy atom. The number of ether oxygens (including phenoxy) is 1. The molecular weight excluding hydrogens is 280 g/mol. The van der Waals surface area contributed by atoms with Gasteiger partial charge in [0, 0.05) is 32.2 Å². The molecule has 4 rings (SSSR count). The van der Waals surface area contributed by atoms with Gasteiger partial charge in [0.25, 0.3) is 0 Å². The number of nitrogens with one attached hydrogen (secondary N) is 1. The van der Waals surface area contributed by atoms with E-state index in [0.717, 1.165) is 58.3 Å². The van der Waals surface area contributed by atoms with Crippen molar-refractivity contribution in [2.24, 2.45) is 11.8 Å². The fraction of sp³-hybridized carbons (Fsp3) is 0.882. The molecule has 2 atom stereocenters. The fourth-order valence-corrected chi connectivity index (χ4v) is 4.39. The highest BCUT2D eigenvalue weighted by Crippen LogP contribution is 2.56. The average molecular weight is 306 g/mol. The lowest BCUT2D eigenvalue weighted by atomic mass is 9.92. The molecule has 2 heterocycles. The van der Waals surface area contributed by atoms with Gasteiger partial charge in [0.05, 0.1) is 0 Å². The standard InChI is InChI=1S/C17H26N2O3/c20-15(10-12-5-8-22-9-6-12)19-7-4-13-11-17(13,19)16(21)18-14-2-1-3-14/h12-14H,1-11H2,(H,18,21). The minimum Gasteiger partial charge on any atom is -0.381 e. The molecular formula is C17H26N2O3. The molecule has 4 fully saturated rings. The Hall–Kier alpha value is -1.10. The van der Waals surface area contributed by atoms with Crippen LogP contribution in [0.25, 0.3) is 0 Å². The molecule has 0 bridgehead atoms. The van der Waals surface area contributed by atoms with Crippen molar-refractivity contribution in [1.29, 1.82) is 0 Å². The van der Waals surface area contributed by atoms with Crippen molar-refractivity contribution in [3.63, 3.8) is 0 Å². The van der Waals surface area contributed by atoms with Gasteiger partial charge in [-0.15, -0.1) is 0 Å². The van der Waals surface area contributed by atoms with Crippen molar-refractivity contribution < 1.29 is 14.3 Å². The first-order valence-corrected chi connectivity index (χ1v) is 8.89. The normalized spacial score (nSPS) is 34.9. The Morgan fingerprint density at radius 1 is 1.14 bits per heavy atom. The van der Waals surface area contributed by atoms with Crippen LogP contribution in [0.3, 0.4) is 0 Å². The number of rotatable bonds is 4. The van der Waals surface area contributed by atoms with E-state index in [-0.39, 0.29) is 11.8 Å². The van der Waals surface area contributed by atoms with E-state index in [4.69, 9.17) is 4.74 Å². The van der Waals surface area contributed by atoms with Crippen LogP contribution in [0.1, 0.15) is 51.4 Å². The highest BCUT2D eigenvalue weighted by Gasteiger charge is 2.68. The second-order valence-corrected chi connectivity index (χ2v) is 7.52. The lowest BCUT2D eigenvalue weighted by molar-refractivity contribution is -0.142. The molecule has 122 valence electrons. The average Bonchev–Trinajstić information content (AvgIpc) is 3.09. The predicted octanol–water partition coefficient (Wildman–Crippen LogP) is 1.46. The predicted molar refractivity (Wildman–Crippen MR) is 81.1 cm³/mol. The van der Waals surface area contributed by atoms with Gasteiger partial charge in [0.15, 0.2) is 0 Å². The maximum atomic E-state index is 12.7. The smallest absolute Gasteiger partial charge is 0.246 e. The number of carbonyl (C=O) groups excluding carboxylic acids is 2. The van der Waals surface area contributed by atoms with Crippen molar-refractivity contribution in [3.8, 4) is 0 Å². The molecule has 1 N–H and O–H groups in total. The van der Waals surface area contributed by atoms with Gasteiger partial charge in [-0.25, -0.2) is 0 Å². The molecule has 5 nitrogen and oxygen atoms in total.